The highest BCUT2D eigenvalue weighted by molar-refractivity contribution is 9.10. The summed E-state index contributed by atoms with van der Waals surface area (Å²) in [5.74, 6) is -2.76. The molecule has 1 saturated heterocycles. The lowest BCUT2D eigenvalue weighted by Crippen LogP contribution is -2.33. The van der Waals surface area contributed by atoms with Crippen molar-refractivity contribution in [2.75, 3.05) is 10.2 Å². The summed E-state index contributed by atoms with van der Waals surface area (Å²) < 4.78 is 2.19. The first-order chi connectivity index (χ1) is 20.1. The molecular formula is C29H21BrN4O6S2. The van der Waals surface area contributed by atoms with Gasteiger partial charge in [-0.1, -0.05) is 63.3 Å². The Labute approximate surface area is 255 Å². The number of imide groups is 1. The van der Waals surface area contributed by atoms with E-state index < -0.39 is 39.7 Å². The molecule has 2 unspecified atom stereocenters. The fraction of sp³-hybridized carbons (Fsp3) is 0.172. The lowest BCUT2D eigenvalue weighted by atomic mass is 9.83. The molecule has 3 heterocycles. The molecule has 0 spiro atoms. The Hall–Kier alpha value is -4.07. The largest absolute Gasteiger partial charge is 0.325 e. The number of aryl methyl sites for hydroxylation is 1. The number of hydrogen-bond donors (Lipinski definition) is 1. The average Bonchev–Trinajstić information content (AvgIpc) is 3.39. The molecule has 10 nitrogen and oxygen atoms in total. The number of thioether (sulfide) groups is 1. The minimum absolute atomic E-state index is 0.160. The third-order valence-electron chi connectivity index (χ3n) is 7.20. The molecule has 1 N–H and O–H groups in total. The van der Waals surface area contributed by atoms with Gasteiger partial charge in [-0.2, -0.15) is 0 Å². The van der Waals surface area contributed by atoms with Gasteiger partial charge >= 0.3 is 4.87 Å². The highest BCUT2D eigenvalue weighted by Gasteiger charge is 2.56. The molecule has 0 saturated carbocycles. The zero-order valence-electron chi connectivity index (χ0n) is 21.9. The maximum Gasteiger partial charge on any atom is 0.308 e. The Morgan fingerprint density at radius 2 is 1.74 bits per heavy atom. The number of fused-ring (bicyclic) bond motifs is 2. The second kappa shape index (κ2) is 11.0. The number of carbonyl (C=O) groups excluding carboxylic acids is 3. The second-order valence-electron chi connectivity index (χ2n) is 9.92. The molecule has 3 aromatic carbocycles. The van der Waals surface area contributed by atoms with Crippen molar-refractivity contribution in [3.05, 3.63) is 113 Å². The first-order valence-electron chi connectivity index (χ1n) is 12.8. The summed E-state index contributed by atoms with van der Waals surface area (Å²) in [6.07, 6.45) is 0. The fourth-order valence-electron chi connectivity index (χ4n) is 5.33. The van der Waals surface area contributed by atoms with E-state index >= 15 is 0 Å². The second-order valence-corrected chi connectivity index (χ2v) is 13.0. The van der Waals surface area contributed by atoms with Gasteiger partial charge in [0.2, 0.25) is 17.7 Å². The summed E-state index contributed by atoms with van der Waals surface area (Å²) in [6, 6.07) is 19.9. The van der Waals surface area contributed by atoms with E-state index in [2.05, 4.69) is 21.2 Å². The Morgan fingerprint density at radius 1 is 1.02 bits per heavy atom. The number of nitro benzene ring substituents is 1. The number of halogens is 1. The van der Waals surface area contributed by atoms with Gasteiger partial charge in [-0.05, 0) is 54.4 Å². The smallest absolute Gasteiger partial charge is 0.308 e. The Morgan fingerprint density at radius 3 is 2.40 bits per heavy atom. The molecule has 2 aliphatic rings. The number of hydrogen-bond acceptors (Lipinski definition) is 8. The number of benzene rings is 3. The number of non-ortho nitro benzene ring substituents is 1. The van der Waals surface area contributed by atoms with E-state index in [1.54, 1.807) is 6.07 Å². The van der Waals surface area contributed by atoms with Crippen LogP contribution in [0.5, 0.6) is 0 Å². The monoisotopic (exact) mass is 664 g/mol. The minimum atomic E-state index is -0.867. The number of rotatable bonds is 6. The van der Waals surface area contributed by atoms with E-state index in [1.807, 2.05) is 49.4 Å². The summed E-state index contributed by atoms with van der Waals surface area (Å²) in [6.45, 7) is 1.65. The molecule has 1 fully saturated rings. The highest BCUT2D eigenvalue weighted by atomic mass is 79.9. The third kappa shape index (κ3) is 4.97. The van der Waals surface area contributed by atoms with Crippen LogP contribution in [0.15, 0.2) is 87.1 Å². The number of carbonyl (C=O) groups is 3. The maximum absolute atomic E-state index is 13.9. The van der Waals surface area contributed by atoms with E-state index in [4.69, 9.17) is 0 Å². The predicted molar refractivity (Wildman–Crippen MR) is 163 cm³/mol. The molecule has 4 aromatic rings. The van der Waals surface area contributed by atoms with E-state index in [-0.39, 0.29) is 22.8 Å². The number of nitrogens with one attached hydrogen (secondary N) is 1. The molecule has 6 rings (SSSR count). The number of aromatic nitrogens is 1. The van der Waals surface area contributed by atoms with Crippen LogP contribution < -0.4 is 15.1 Å². The molecule has 0 radical (unpaired) electrons. The van der Waals surface area contributed by atoms with Gasteiger partial charge in [-0.3, -0.25) is 33.9 Å². The molecule has 3 atom stereocenters. The first kappa shape index (κ1) is 28.1. The highest BCUT2D eigenvalue weighted by Crippen LogP contribution is 2.54. The summed E-state index contributed by atoms with van der Waals surface area (Å²) in [4.78, 5) is 65.9. The van der Waals surface area contributed by atoms with Gasteiger partial charge in [-0.25, -0.2) is 4.90 Å². The Bertz CT molecular complexity index is 1820. The van der Waals surface area contributed by atoms with Crippen LogP contribution in [0.1, 0.15) is 21.9 Å². The van der Waals surface area contributed by atoms with Crippen molar-refractivity contribution in [1.29, 1.82) is 0 Å². The van der Waals surface area contributed by atoms with Crippen molar-refractivity contribution in [3.8, 4) is 0 Å². The molecule has 0 bridgehead atoms. The van der Waals surface area contributed by atoms with Gasteiger partial charge in [0.1, 0.15) is 11.8 Å². The predicted octanol–water partition coefficient (Wildman–Crippen LogP) is 5.32. The van der Waals surface area contributed by atoms with Gasteiger partial charge in [0.25, 0.3) is 5.69 Å². The standard InChI is InChI=1S/C29H21BrN4O6S2/c1-15-3-2-4-18(13-15)31-21(35)14-32-28-25(42-29(32)38)22(16-5-7-17(30)8-6-16)23-24(41-28)27(37)33(26(23)36)19-9-11-20(12-10-19)34(39)40/h2-13,22-24H,14H2,1H3,(H,31,35)/t22-,23?,24?/m1/s1. The van der Waals surface area contributed by atoms with Crippen LogP contribution >= 0.6 is 39.0 Å². The van der Waals surface area contributed by atoms with Crippen LogP contribution in [0.25, 0.3) is 0 Å². The summed E-state index contributed by atoms with van der Waals surface area (Å²) in [5, 5.41) is 13.6. The number of nitro groups is 1. The minimum Gasteiger partial charge on any atom is -0.325 e. The Kier molecular flexibility index (Phi) is 7.33. The summed E-state index contributed by atoms with van der Waals surface area (Å²) in [5.41, 5.74) is 2.40. The normalized spacial score (nSPS) is 19.4. The lowest BCUT2D eigenvalue weighted by Gasteiger charge is -2.30. The van der Waals surface area contributed by atoms with E-state index in [0.717, 1.165) is 43.6 Å². The Balaban J connectivity index is 1.40. The topological polar surface area (TPSA) is 132 Å². The van der Waals surface area contributed by atoms with Crippen LogP contribution in [-0.2, 0) is 20.9 Å². The van der Waals surface area contributed by atoms with Crippen LogP contribution in [-0.4, -0.2) is 32.5 Å². The van der Waals surface area contributed by atoms with Crippen molar-refractivity contribution in [3.63, 3.8) is 0 Å². The molecule has 1 aromatic heterocycles. The molecule has 42 heavy (non-hydrogen) atoms. The van der Waals surface area contributed by atoms with Crippen LogP contribution in [0.4, 0.5) is 17.1 Å². The quantitative estimate of drug-likeness (QED) is 0.168. The maximum atomic E-state index is 13.9. The van der Waals surface area contributed by atoms with E-state index in [9.17, 15) is 29.3 Å². The van der Waals surface area contributed by atoms with Gasteiger partial charge < -0.3 is 5.32 Å². The molecule has 3 amide bonds. The molecule has 13 heteroatoms. The van der Waals surface area contributed by atoms with Crippen molar-refractivity contribution in [2.24, 2.45) is 5.92 Å². The molecular weight excluding hydrogens is 644 g/mol. The molecule has 212 valence electrons. The van der Waals surface area contributed by atoms with E-state index in [1.165, 1.54) is 28.8 Å². The first-order valence-corrected chi connectivity index (χ1v) is 15.3. The van der Waals surface area contributed by atoms with Crippen LogP contribution in [0.3, 0.4) is 0 Å². The van der Waals surface area contributed by atoms with Gasteiger partial charge in [0.15, 0.2) is 0 Å². The van der Waals surface area contributed by atoms with E-state index in [0.29, 0.717) is 15.6 Å². The van der Waals surface area contributed by atoms with Crippen molar-refractivity contribution in [2.45, 2.75) is 29.7 Å². The lowest BCUT2D eigenvalue weighted by molar-refractivity contribution is -0.384. The van der Waals surface area contributed by atoms with Crippen molar-refractivity contribution < 1.29 is 19.3 Å². The fourth-order valence-corrected chi connectivity index (χ4v) is 8.37. The van der Waals surface area contributed by atoms with Gasteiger partial charge in [0.05, 0.1) is 21.6 Å². The summed E-state index contributed by atoms with van der Waals surface area (Å²) in [7, 11) is 0. The molecule has 0 aliphatic carbocycles. The summed E-state index contributed by atoms with van der Waals surface area (Å²) >= 11 is 5.51. The number of anilines is 2. The SMILES string of the molecule is Cc1cccc(NC(=O)Cn2c3c(sc2=O)[C@H](c2ccc(Br)cc2)C2C(=O)N(c4ccc([N+](=O)[O-])cc4)C(=O)C2S3)c1. The zero-order chi connectivity index (χ0) is 29.7. The number of amides is 3. The van der Waals surface area contributed by atoms with Crippen molar-refractivity contribution >= 4 is 73.8 Å². The molecule has 2 aliphatic heterocycles. The van der Waals surface area contributed by atoms with Crippen molar-refractivity contribution in [1.82, 2.24) is 4.57 Å². The van der Waals surface area contributed by atoms with Gasteiger partial charge in [-0.15, -0.1) is 0 Å². The van der Waals surface area contributed by atoms with Gasteiger partial charge in [0, 0.05) is 33.1 Å². The van der Waals surface area contributed by atoms with Crippen LogP contribution in [0.2, 0.25) is 0 Å². The number of thiazole rings is 1. The number of nitrogens with zero attached hydrogens (tertiary/aromatic N) is 3. The average molecular weight is 666 g/mol. The van der Waals surface area contributed by atoms with Crippen LogP contribution in [0, 0.1) is 23.0 Å². The third-order valence-corrected chi connectivity index (χ3v) is 10.3. The zero-order valence-corrected chi connectivity index (χ0v) is 25.1.